The van der Waals surface area contributed by atoms with Gasteiger partial charge in [0.25, 0.3) is 0 Å². The van der Waals surface area contributed by atoms with Crippen molar-refractivity contribution in [1.82, 2.24) is 20.4 Å². The molecular formula is C18H21FN4O3. The molecule has 1 aromatic carbocycles. The SMILES string of the molecule is Cn1cc(-c2ccc(F)cc2)c(C(=O)[C@@H](NC(=O)O)C2CCCCN2)n1. The van der Waals surface area contributed by atoms with Crippen LogP contribution in [0.15, 0.2) is 30.5 Å². The number of carbonyl (C=O) groups excluding carboxylic acids is 1. The van der Waals surface area contributed by atoms with Crippen molar-refractivity contribution in [3.8, 4) is 11.1 Å². The average molecular weight is 360 g/mol. The normalized spacial score (nSPS) is 18.3. The van der Waals surface area contributed by atoms with Crippen LogP contribution in [0, 0.1) is 5.82 Å². The van der Waals surface area contributed by atoms with Crippen LogP contribution in [0.1, 0.15) is 29.8 Å². The summed E-state index contributed by atoms with van der Waals surface area (Å²) >= 11 is 0. The van der Waals surface area contributed by atoms with E-state index in [1.807, 2.05) is 0 Å². The van der Waals surface area contributed by atoms with Crippen molar-refractivity contribution < 1.29 is 19.1 Å². The zero-order chi connectivity index (χ0) is 18.7. The van der Waals surface area contributed by atoms with Crippen molar-refractivity contribution in [2.45, 2.75) is 31.3 Å². The Labute approximate surface area is 150 Å². The van der Waals surface area contributed by atoms with E-state index in [9.17, 15) is 19.1 Å². The molecule has 1 aliphatic heterocycles. The van der Waals surface area contributed by atoms with Crippen molar-refractivity contribution in [3.05, 3.63) is 42.0 Å². The van der Waals surface area contributed by atoms with E-state index >= 15 is 0 Å². The summed E-state index contributed by atoms with van der Waals surface area (Å²) in [4.78, 5) is 24.4. The fourth-order valence-electron chi connectivity index (χ4n) is 3.30. The molecule has 1 fully saturated rings. The zero-order valence-corrected chi connectivity index (χ0v) is 14.4. The molecule has 0 saturated carbocycles. The van der Waals surface area contributed by atoms with E-state index in [2.05, 4.69) is 15.7 Å². The van der Waals surface area contributed by atoms with Crippen LogP contribution in [0.2, 0.25) is 0 Å². The Morgan fingerprint density at radius 1 is 1.35 bits per heavy atom. The first-order valence-electron chi connectivity index (χ1n) is 8.52. The maximum Gasteiger partial charge on any atom is 0.405 e. The van der Waals surface area contributed by atoms with Crippen LogP contribution in [0.25, 0.3) is 11.1 Å². The number of carbonyl (C=O) groups is 2. The van der Waals surface area contributed by atoms with Crippen molar-refractivity contribution in [2.24, 2.45) is 7.05 Å². The number of ketones is 1. The van der Waals surface area contributed by atoms with Crippen molar-refractivity contribution >= 4 is 11.9 Å². The lowest BCUT2D eigenvalue weighted by Crippen LogP contribution is -2.55. The Morgan fingerprint density at radius 2 is 2.08 bits per heavy atom. The van der Waals surface area contributed by atoms with Gasteiger partial charge in [-0.05, 0) is 37.1 Å². The first-order valence-corrected chi connectivity index (χ1v) is 8.52. The monoisotopic (exact) mass is 360 g/mol. The van der Waals surface area contributed by atoms with Crippen molar-refractivity contribution in [3.63, 3.8) is 0 Å². The van der Waals surface area contributed by atoms with Gasteiger partial charge < -0.3 is 15.7 Å². The molecule has 0 bridgehead atoms. The number of halogens is 1. The summed E-state index contributed by atoms with van der Waals surface area (Å²) in [7, 11) is 1.68. The van der Waals surface area contributed by atoms with Gasteiger partial charge in [0.05, 0.1) is 0 Å². The second-order valence-corrected chi connectivity index (χ2v) is 6.42. The highest BCUT2D eigenvalue weighted by Gasteiger charge is 2.34. The highest BCUT2D eigenvalue weighted by molar-refractivity contribution is 6.05. The summed E-state index contributed by atoms with van der Waals surface area (Å²) in [6, 6.07) is 4.55. The van der Waals surface area contributed by atoms with E-state index < -0.39 is 17.9 Å². The first-order chi connectivity index (χ1) is 12.5. The molecule has 2 aromatic rings. The Morgan fingerprint density at radius 3 is 2.69 bits per heavy atom. The maximum atomic E-state index is 13.2. The minimum Gasteiger partial charge on any atom is -0.465 e. The molecule has 1 unspecified atom stereocenters. The number of amides is 1. The number of piperidine rings is 1. The van der Waals surface area contributed by atoms with Crippen LogP contribution < -0.4 is 10.6 Å². The minimum atomic E-state index is -1.25. The quantitative estimate of drug-likeness (QED) is 0.711. The molecular weight excluding hydrogens is 339 g/mol. The van der Waals surface area contributed by atoms with E-state index in [-0.39, 0.29) is 17.6 Å². The predicted octanol–water partition coefficient (Wildman–Crippen LogP) is 2.19. The summed E-state index contributed by atoms with van der Waals surface area (Å²) in [5.41, 5.74) is 1.37. The van der Waals surface area contributed by atoms with Gasteiger partial charge in [-0.3, -0.25) is 9.48 Å². The van der Waals surface area contributed by atoms with Gasteiger partial charge in [-0.2, -0.15) is 5.10 Å². The number of hydrogen-bond donors (Lipinski definition) is 3. The molecule has 26 heavy (non-hydrogen) atoms. The number of aryl methyl sites for hydroxylation is 1. The van der Waals surface area contributed by atoms with Gasteiger partial charge in [0, 0.05) is 24.8 Å². The molecule has 2 atom stereocenters. The molecule has 7 nitrogen and oxygen atoms in total. The van der Waals surface area contributed by atoms with Gasteiger partial charge in [-0.15, -0.1) is 0 Å². The second-order valence-electron chi connectivity index (χ2n) is 6.42. The molecule has 1 saturated heterocycles. The molecule has 0 spiro atoms. The van der Waals surface area contributed by atoms with Crippen LogP contribution in [-0.2, 0) is 7.05 Å². The molecule has 2 heterocycles. The van der Waals surface area contributed by atoms with Gasteiger partial charge in [0.2, 0.25) is 5.78 Å². The van der Waals surface area contributed by atoms with Gasteiger partial charge in [-0.1, -0.05) is 18.6 Å². The summed E-state index contributed by atoms with van der Waals surface area (Å²) in [5.74, 6) is -0.769. The number of benzene rings is 1. The van der Waals surface area contributed by atoms with Gasteiger partial charge in [0.15, 0.2) is 0 Å². The highest BCUT2D eigenvalue weighted by atomic mass is 19.1. The van der Waals surface area contributed by atoms with Crippen LogP contribution >= 0.6 is 0 Å². The molecule has 1 aromatic heterocycles. The Kier molecular flexibility index (Phi) is 5.32. The van der Waals surface area contributed by atoms with Crippen molar-refractivity contribution in [1.29, 1.82) is 0 Å². The summed E-state index contributed by atoms with van der Waals surface area (Å²) in [6.45, 7) is 0.739. The second kappa shape index (κ2) is 7.65. The third-order valence-electron chi connectivity index (χ3n) is 4.53. The largest absolute Gasteiger partial charge is 0.465 e. The Hall–Kier alpha value is -2.74. The zero-order valence-electron chi connectivity index (χ0n) is 14.4. The van der Waals surface area contributed by atoms with Gasteiger partial charge >= 0.3 is 6.09 Å². The number of rotatable bonds is 5. The third-order valence-corrected chi connectivity index (χ3v) is 4.53. The molecule has 3 rings (SSSR count). The first kappa shape index (κ1) is 18.1. The molecule has 0 aliphatic carbocycles. The molecule has 8 heteroatoms. The van der Waals surface area contributed by atoms with Crippen LogP contribution in [0.3, 0.4) is 0 Å². The summed E-state index contributed by atoms with van der Waals surface area (Å²) in [6.07, 6.45) is 3.04. The van der Waals surface area contributed by atoms with Crippen LogP contribution in [0.4, 0.5) is 9.18 Å². The molecule has 1 amide bonds. The lowest BCUT2D eigenvalue weighted by atomic mass is 9.92. The number of Topliss-reactive ketones (excluding diaryl/α,β-unsaturated/α-hetero) is 1. The number of aromatic nitrogens is 2. The number of hydrogen-bond acceptors (Lipinski definition) is 4. The Bertz CT molecular complexity index is 797. The number of nitrogens with zero attached hydrogens (tertiary/aromatic N) is 2. The van der Waals surface area contributed by atoms with Gasteiger partial charge in [0.1, 0.15) is 17.6 Å². The minimum absolute atomic E-state index is 0.172. The van der Waals surface area contributed by atoms with E-state index in [1.165, 1.54) is 16.8 Å². The molecule has 1 aliphatic rings. The van der Waals surface area contributed by atoms with E-state index in [1.54, 1.807) is 25.4 Å². The molecule has 3 N–H and O–H groups in total. The third kappa shape index (κ3) is 3.91. The Balaban J connectivity index is 1.96. The number of nitrogens with one attached hydrogen (secondary N) is 2. The molecule has 138 valence electrons. The number of carboxylic acid groups (broad SMARTS) is 1. The maximum absolute atomic E-state index is 13.2. The van der Waals surface area contributed by atoms with Gasteiger partial charge in [-0.25, -0.2) is 9.18 Å². The van der Waals surface area contributed by atoms with Crippen LogP contribution in [0.5, 0.6) is 0 Å². The standard InChI is InChI=1S/C18H21FN4O3/c1-23-10-13(11-5-7-12(19)8-6-11)15(22-23)17(24)16(21-18(25)26)14-4-2-3-9-20-14/h5-8,10,14,16,20-21H,2-4,9H2,1H3,(H,25,26)/t14?,16-/m0/s1. The lowest BCUT2D eigenvalue weighted by Gasteiger charge is -2.30. The summed E-state index contributed by atoms with van der Waals surface area (Å²) in [5, 5.41) is 19.0. The summed E-state index contributed by atoms with van der Waals surface area (Å²) < 4.78 is 14.7. The fourth-order valence-corrected chi connectivity index (χ4v) is 3.30. The highest BCUT2D eigenvalue weighted by Crippen LogP contribution is 2.25. The van der Waals surface area contributed by atoms with E-state index in [0.717, 1.165) is 19.4 Å². The van der Waals surface area contributed by atoms with E-state index in [0.29, 0.717) is 17.5 Å². The van der Waals surface area contributed by atoms with Crippen LogP contribution in [-0.4, -0.2) is 45.4 Å². The fraction of sp³-hybridized carbons (Fsp3) is 0.389. The molecule has 0 radical (unpaired) electrons. The van der Waals surface area contributed by atoms with E-state index in [4.69, 9.17) is 0 Å². The van der Waals surface area contributed by atoms with Crippen molar-refractivity contribution in [2.75, 3.05) is 6.54 Å². The lowest BCUT2D eigenvalue weighted by molar-refractivity contribution is 0.0897. The predicted molar refractivity (Wildman–Crippen MR) is 93.5 cm³/mol. The average Bonchev–Trinajstić information content (AvgIpc) is 3.02. The smallest absolute Gasteiger partial charge is 0.405 e. The topological polar surface area (TPSA) is 96.2 Å².